The van der Waals surface area contributed by atoms with Crippen LogP contribution in [0.3, 0.4) is 0 Å². The molecule has 2 aliphatic heterocycles. The molecule has 2 saturated heterocycles. The molecule has 0 saturated carbocycles. The lowest BCUT2D eigenvalue weighted by atomic mass is 9.90. The zero-order valence-electron chi connectivity index (χ0n) is 18.8. The molecular weight excluding hydrogens is 430 g/mol. The number of amides is 1. The number of nitrogens with zero attached hydrogens (tertiary/aromatic N) is 6. The molecular formula is C24H27N9O. The van der Waals surface area contributed by atoms with Crippen molar-refractivity contribution in [3.63, 3.8) is 0 Å². The highest BCUT2D eigenvalue weighted by Gasteiger charge is 2.40. The van der Waals surface area contributed by atoms with E-state index < -0.39 is 5.91 Å². The van der Waals surface area contributed by atoms with Crippen LogP contribution in [-0.2, 0) is 0 Å². The molecule has 1 unspecified atom stereocenters. The summed E-state index contributed by atoms with van der Waals surface area (Å²) >= 11 is 0. The van der Waals surface area contributed by atoms with Crippen LogP contribution in [0, 0.1) is 17.2 Å². The first-order chi connectivity index (χ1) is 16.6. The molecule has 0 aliphatic carbocycles. The number of aromatic nitrogens is 4. The summed E-state index contributed by atoms with van der Waals surface area (Å²) in [6, 6.07) is 12.4. The van der Waals surface area contributed by atoms with Gasteiger partial charge in [-0.2, -0.15) is 5.26 Å². The minimum absolute atomic E-state index is 0.105. The van der Waals surface area contributed by atoms with Crippen molar-refractivity contribution in [2.24, 2.45) is 11.7 Å². The van der Waals surface area contributed by atoms with Crippen LogP contribution in [0.25, 0.3) is 10.9 Å². The molecule has 2 bridgehead atoms. The van der Waals surface area contributed by atoms with Gasteiger partial charge in [0.25, 0.3) is 5.91 Å². The number of carbonyl (C=O) groups is 1. The van der Waals surface area contributed by atoms with E-state index in [1.807, 2.05) is 18.2 Å². The lowest BCUT2D eigenvalue weighted by Gasteiger charge is -2.38. The average molecular weight is 458 g/mol. The van der Waals surface area contributed by atoms with E-state index in [4.69, 9.17) is 16.0 Å². The van der Waals surface area contributed by atoms with Crippen LogP contribution in [0.5, 0.6) is 0 Å². The molecule has 0 spiro atoms. The number of anilines is 3. The van der Waals surface area contributed by atoms with Gasteiger partial charge in [0.1, 0.15) is 11.6 Å². The van der Waals surface area contributed by atoms with Gasteiger partial charge in [-0.3, -0.25) is 14.7 Å². The predicted molar refractivity (Wildman–Crippen MR) is 128 cm³/mol. The Kier molecular flexibility index (Phi) is 6.18. The van der Waals surface area contributed by atoms with Crippen molar-refractivity contribution in [3.8, 4) is 6.07 Å². The number of fused-ring (bicyclic) bond motifs is 3. The van der Waals surface area contributed by atoms with E-state index >= 15 is 0 Å². The van der Waals surface area contributed by atoms with Gasteiger partial charge in [0.05, 0.1) is 11.6 Å². The summed E-state index contributed by atoms with van der Waals surface area (Å²) in [6.45, 7) is 1.73. The third-order valence-corrected chi connectivity index (χ3v) is 6.79. The molecule has 0 radical (unpaired) electrons. The van der Waals surface area contributed by atoms with Gasteiger partial charge in [-0.15, -0.1) is 10.2 Å². The lowest BCUT2D eigenvalue weighted by molar-refractivity contribution is 0.0994. The maximum atomic E-state index is 11.2. The monoisotopic (exact) mass is 457 g/mol. The molecule has 2 fully saturated rings. The number of nitrogens with two attached hydrogens (primary N) is 1. The number of nitrogens with one attached hydrogen (secondary N) is 2. The maximum absolute atomic E-state index is 11.2. The van der Waals surface area contributed by atoms with E-state index in [0.717, 1.165) is 42.7 Å². The SMILES string of the molecule is N#CCCN1[C@@H]2CC[C@H]1CC(CNc1nc(Nc3ccc(C(N)=O)nn3)cc3ncccc13)C2. The normalized spacial score (nSPS) is 21.8. The highest BCUT2D eigenvalue weighted by atomic mass is 16.1. The van der Waals surface area contributed by atoms with Crippen molar-refractivity contribution in [1.29, 1.82) is 5.26 Å². The summed E-state index contributed by atoms with van der Waals surface area (Å²) in [5.41, 5.74) is 6.16. The highest BCUT2D eigenvalue weighted by molar-refractivity contribution is 5.92. The van der Waals surface area contributed by atoms with Gasteiger partial charge < -0.3 is 16.4 Å². The number of primary amides is 1. The Morgan fingerprint density at radius 3 is 2.71 bits per heavy atom. The summed E-state index contributed by atoms with van der Waals surface area (Å²) in [6.07, 6.45) is 7.11. The third kappa shape index (κ3) is 4.61. The number of piperidine rings is 1. The summed E-state index contributed by atoms with van der Waals surface area (Å²) in [5, 5.41) is 24.5. The first-order valence-corrected chi connectivity index (χ1v) is 11.6. The molecule has 5 rings (SSSR count). The van der Waals surface area contributed by atoms with Gasteiger partial charge in [0.15, 0.2) is 11.5 Å². The van der Waals surface area contributed by atoms with Gasteiger partial charge in [0, 0.05) is 49.2 Å². The Morgan fingerprint density at radius 2 is 2.00 bits per heavy atom. The predicted octanol–water partition coefficient (Wildman–Crippen LogP) is 2.83. The molecule has 174 valence electrons. The van der Waals surface area contributed by atoms with Crippen LogP contribution < -0.4 is 16.4 Å². The Hall–Kier alpha value is -3.84. The van der Waals surface area contributed by atoms with E-state index in [1.165, 1.54) is 18.9 Å². The summed E-state index contributed by atoms with van der Waals surface area (Å²) in [7, 11) is 0. The topological polar surface area (TPSA) is 146 Å². The molecule has 3 atom stereocenters. The third-order valence-electron chi connectivity index (χ3n) is 6.79. The van der Waals surface area contributed by atoms with Crippen molar-refractivity contribution in [2.45, 2.75) is 44.2 Å². The Balaban J connectivity index is 1.30. The molecule has 2 aliphatic rings. The van der Waals surface area contributed by atoms with Gasteiger partial charge >= 0.3 is 0 Å². The number of pyridine rings is 2. The lowest BCUT2D eigenvalue weighted by Crippen LogP contribution is -2.44. The Bertz CT molecular complexity index is 1210. The van der Waals surface area contributed by atoms with Crippen LogP contribution in [0.4, 0.5) is 17.5 Å². The second-order valence-corrected chi connectivity index (χ2v) is 8.97. The van der Waals surface area contributed by atoms with Crippen LogP contribution in [-0.4, -0.2) is 56.1 Å². The minimum Gasteiger partial charge on any atom is -0.369 e. The van der Waals surface area contributed by atoms with Gasteiger partial charge in [-0.25, -0.2) is 4.98 Å². The highest BCUT2D eigenvalue weighted by Crippen LogP contribution is 2.39. The summed E-state index contributed by atoms with van der Waals surface area (Å²) in [4.78, 5) is 23.1. The van der Waals surface area contributed by atoms with Crippen LogP contribution >= 0.6 is 0 Å². The largest absolute Gasteiger partial charge is 0.369 e. The van der Waals surface area contributed by atoms with E-state index in [0.29, 0.717) is 36.1 Å². The molecule has 4 N–H and O–H groups in total. The second kappa shape index (κ2) is 9.57. The summed E-state index contributed by atoms with van der Waals surface area (Å²) in [5.74, 6) is 1.76. The van der Waals surface area contributed by atoms with Crippen LogP contribution in [0.1, 0.15) is 42.6 Å². The van der Waals surface area contributed by atoms with Gasteiger partial charge in [-0.05, 0) is 55.9 Å². The fourth-order valence-corrected chi connectivity index (χ4v) is 5.27. The number of nitriles is 1. The first kappa shape index (κ1) is 22.0. The Morgan fingerprint density at radius 1 is 1.18 bits per heavy atom. The molecule has 34 heavy (non-hydrogen) atoms. The number of hydrogen-bond acceptors (Lipinski definition) is 9. The van der Waals surface area contributed by atoms with Gasteiger partial charge in [-0.1, -0.05) is 0 Å². The number of rotatable bonds is 8. The quantitative estimate of drug-likeness (QED) is 0.464. The Labute approximate surface area is 197 Å². The molecule has 3 aromatic rings. The van der Waals surface area contributed by atoms with Crippen LogP contribution in [0.2, 0.25) is 0 Å². The average Bonchev–Trinajstić information content (AvgIpc) is 3.08. The van der Waals surface area contributed by atoms with E-state index in [2.05, 4.69) is 36.8 Å². The molecule has 0 aromatic carbocycles. The summed E-state index contributed by atoms with van der Waals surface area (Å²) < 4.78 is 0. The van der Waals surface area contributed by atoms with E-state index in [9.17, 15) is 4.79 Å². The molecule has 3 aromatic heterocycles. The molecule has 1 amide bonds. The number of carbonyl (C=O) groups excluding carboxylic acids is 1. The smallest absolute Gasteiger partial charge is 0.269 e. The van der Waals surface area contributed by atoms with Crippen LogP contribution in [0.15, 0.2) is 36.5 Å². The van der Waals surface area contributed by atoms with E-state index in [-0.39, 0.29) is 5.69 Å². The fourth-order valence-electron chi connectivity index (χ4n) is 5.27. The van der Waals surface area contributed by atoms with Crippen molar-refractivity contribution in [3.05, 3.63) is 42.2 Å². The fraction of sp³-hybridized carbons (Fsp3) is 0.417. The molecule has 5 heterocycles. The van der Waals surface area contributed by atoms with Gasteiger partial charge in [0.2, 0.25) is 0 Å². The zero-order chi connectivity index (χ0) is 23.5. The first-order valence-electron chi connectivity index (χ1n) is 11.6. The maximum Gasteiger partial charge on any atom is 0.269 e. The van der Waals surface area contributed by atoms with Crippen molar-refractivity contribution in [2.75, 3.05) is 23.7 Å². The minimum atomic E-state index is -0.622. The van der Waals surface area contributed by atoms with Crippen molar-refractivity contribution < 1.29 is 4.79 Å². The standard InChI is InChI=1S/C24H27N9O/c25-8-2-10-33-16-4-5-17(33)12-15(11-16)14-28-24-18-3-1-9-27-20(18)13-22(30-24)29-21-7-6-19(23(26)34)31-32-21/h1,3,6-7,9,13,15-17H,2,4-5,10-12,14H2,(H2,26,34)(H2,28,29,30,32)/t15?,16-,17+. The zero-order valence-corrected chi connectivity index (χ0v) is 18.8. The van der Waals surface area contributed by atoms with Crippen molar-refractivity contribution >= 4 is 34.3 Å². The molecule has 10 heteroatoms. The molecule has 10 nitrogen and oxygen atoms in total. The van der Waals surface area contributed by atoms with E-state index in [1.54, 1.807) is 12.3 Å². The van der Waals surface area contributed by atoms with Crippen molar-refractivity contribution in [1.82, 2.24) is 25.1 Å². The number of hydrogen-bond donors (Lipinski definition) is 3. The second-order valence-electron chi connectivity index (χ2n) is 8.97.